The Labute approximate surface area is 134 Å². The number of anilines is 1. The van der Waals surface area contributed by atoms with E-state index in [1.807, 2.05) is 0 Å². The fourth-order valence-corrected chi connectivity index (χ4v) is 1.85. The average Bonchev–Trinajstić information content (AvgIpc) is 2.53. The van der Waals surface area contributed by atoms with Crippen molar-refractivity contribution < 1.29 is 22.7 Å². The van der Waals surface area contributed by atoms with Crippen molar-refractivity contribution >= 4 is 11.6 Å². The maximum Gasteiger partial charge on any atom is 0.416 e. The first-order chi connectivity index (χ1) is 11.3. The summed E-state index contributed by atoms with van der Waals surface area (Å²) in [6, 6.07) is 6.43. The zero-order valence-electron chi connectivity index (χ0n) is 12.6. The number of rotatable bonds is 5. The highest BCUT2D eigenvalue weighted by Gasteiger charge is 2.30. The van der Waals surface area contributed by atoms with Crippen molar-refractivity contribution in [3.63, 3.8) is 0 Å². The van der Waals surface area contributed by atoms with Gasteiger partial charge in [0.15, 0.2) is 0 Å². The highest BCUT2D eigenvalue weighted by Crippen LogP contribution is 2.29. The van der Waals surface area contributed by atoms with E-state index in [-0.39, 0.29) is 24.5 Å². The van der Waals surface area contributed by atoms with Gasteiger partial charge in [0.05, 0.1) is 18.7 Å². The van der Waals surface area contributed by atoms with E-state index in [9.17, 15) is 22.8 Å². The third-order valence-corrected chi connectivity index (χ3v) is 3.08. The van der Waals surface area contributed by atoms with Crippen molar-refractivity contribution in [1.82, 2.24) is 9.78 Å². The lowest BCUT2D eigenvalue weighted by Crippen LogP contribution is -2.27. The Hall–Kier alpha value is -2.68. The lowest BCUT2D eigenvalue weighted by atomic mass is 10.2. The maximum atomic E-state index is 12.5. The number of ether oxygens (including phenoxy) is 1. The summed E-state index contributed by atoms with van der Waals surface area (Å²) >= 11 is 0. The fraction of sp³-hybridized carbons (Fsp3) is 0.267. The number of hydrogen-bond donors (Lipinski definition) is 1. The van der Waals surface area contributed by atoms with Gasteiger partial charge in [-0.2, -0.15) is 18.3 Å². The number of nitrogens with zero attached hydrogens (tertiary/aromatic N) is 2. The summed E-state index contributed by atoms with van der Waals surface area (Å²) in [4.78, 5) is 23.7. The topological polar surface area (TPSA) is 73.2 Å². The number of hydrogen-bond acceptors (Lipinski definition) is 4. The molecular formula is C15H14F3N3O3. The van der Waals surface area contributed by atoms with Crippen molar-refractivity contribution in [3.8, 4) is 0 Å². The monoisotopic (exact) mass is 341 g/mol. The van der Waals surface area contributed by atoms with Gasteiger partial charge in [-0.15, -0.1) is 0 Å². The zero-order chi connectivity index (χ0) is 17.7. The summed E-state index contributed by atoms with van der Waals surface area (Å²) in [6.45, 7) is 0.424. The van der Waals surface area contributed by atoms with Gasteiger partial charge in [0.1, 0.15) is 5.69 Å². The minimum atomic E-state index is -4.44. The van der Waals surface area contributed by atoms with Gasteiger partial charge in [0.2, 0.25) is 0 Å². The molecule has 0 saturated heterocycles. The summed E-state index contributed by atoms with van der Waals surface area (Å²) in [5.41, 5.74) is -1.06. The van der Waals surface area contributed by atoms with Crippen LogP contribution in [0.2, 0.25) is 0 Å². The van der Waals surface area contributed by atoms with E-state index in [0.29, 0.717) is 0 Å². The molecule has 1 N–H and O–H groups in total. The van der Waals surface area contributed by atoms with Gasteiger partial charge in [0.25, 0.3) is 11.5 Å². The molecule has 0 fully saturated rings. The molecule has 0 aliphatic rings. The summed E-state index contributed by atoms with van der Waals surface area (Å²) in [5.74, 6) is -0.638. The minimum absolute atomic E-state index is 0.0365. The Morgan fingerprint density at radius 3 is 2.46 bits per heavy atom. The smallest absolute Gasteiger partial charge is 0.383 e. The first-order valence-corrected chi connectivity index (χ1v) is 6.87. The summed E-state index contributed by atoms with van der Waals surface area (Å²) < 4.78 is 43.4. The van der Waals surface area contributed by atoms with E-state index in [1.165, 1.54) is 19.2 Å². The van der Waals surface area contributed by atoms with E-state index in [4.69, 9.17) is 4.74 Å². The van der Waals surface area contributed by atoms with Gasteiger partial charge in [0, 0.05) is 18.9 Å². The molecular weight excluding hydrogens is 327 g/mol. The van der Waals surface area contributed by atoms with Crippen LogP contribution in [0.1, 0.15) is 16.1 Å². The van der Waals surface area contributed by atoms with Crippen molar-refractivity contribution in [2.45, 2.75) is 12.7 Å². The molecule has 9 heteroatoms. The lowest BCUT2D eigenvalue weighted by molar-refractivity contribution is -0.137. The molecule has 1 aromatic heterocycles. The van der Waals surface area contributed by atoms with Crippen LogP contribution >= 0.6 is 0 Å². The molecule has 0 bridgehead atoms. The Bertz CT molecular complexity index is 770. The number of halogens is 3. The molecule has 0 saturated carbocycles. The molecule has 1 heterocycles. The van der Waals surface area contributed by atoms with Crippen LogP contribution in [0.3, 0.4) is 0 Å². The Morgan fingerprint density at radius 1 is 1.21 bits per heavy atom. The molecule has 0 spiro atoms. The zero-order valence-corrected chi connectivity index (χ0v) is 12.6. The largest absolute Gasteiger partial charge is 0.416 e. The van der Waals surface area contributed by atoms with Gasteiger partial charge >= 0.3 is 6.18 Å². The third-order valence-electron chi connectivity index (χ3n) is 3.08. The van der Waals surface area contributed by atoms with Crippen LogP contribution in [-0.4, -0.2) is 29.4 Å². The predicted molar refractivity (Wildman–Crippen MR) is 79.8 cm³/mol. The average molecular weight is 341 g/mol. The molecule has 2 rings (SSSR count). The summed E-state index contributed by atoms with van der Waals surface area (Å²) in [5, 5.41) is 6.32. The number of amides is 1. The van der Waals surface area contributed by atoms with Crippen LogP contribution in [-0.2, 0) is 17.5 Å². The molecule has 0 aliphatic carbocycles. The molecule has 1 aromatic carbocycles. The molecule has 0 unspecified atom stereocenters. The van der Waals surface area contributed by atoms with Crippen LogP contribution in [0.25, 0.3) is 0 Å². The highest BCUT2D eigenvalue weighted by atomic mass is 19.4. The van der Waals surface area contributed by atoms with E-state index >= 15 is 0 Å². The van der Waals surface area contributed by atoms with Gasteiger partial charge < -0.3 is 10.1 Å². The summed E-state index contributed by atoms with van der Waals surface area (Å²) in [7, 11) is 1.46. The second kappa shape index (κ2) is 7.26. The predicted octanol–water partition coefficient (Wildman–Crippen LogP) is 2.16. The van der Waals surface area contributed by atoms with Crippen molar-refractivity contribution in [2.75, 3.05) is 19.0 Å². The van der Waals surface area contributed by atoms with Crippen molar-refractivity contribution in [2.24, 2.45) is 0 Å². The number of nitrogens with one attached hydrogen (secondary N) is 1. The minimum Gasteiger partial charge on any atom is -0.383 e. The van der Waals surface area contributed by atoms with Crippen molar-refractivity contribution in [3.05, 3.63) is 58.0 Å². The first-order valence-electron chi connectivity index (χ1n) is 6.87. The molecule has 0 aliphatic heterocycles. The second-order valence-electron chi connectivity index (χ2n) is 4.80. The molecule has 0 radical (unpaired) electrons. The van der Waals surface area contributed by atoms with Crippen LogP contribution in [0.4, 0.5) is 18.9 Å². The quantitative estimate of drug-likeness (QED) is 0.904. The normalized spacial score (nSPS) is 11.3. The Balaban J connectivity index is 2.13. The third kappa shape index (κ3) is 4.42. The SMILES string of the molecule is COCCn1nc(C(=O)Nc2ccc(C(F)(F)F)cc2)ccc1=O. The first kappa shape index (κ1) is 17.7. The lowest BCUT2D eigenvalue weighted by Gasteiger charge is -2.09. The van der Waals surface area contributed by atoms with Gasteiger partial charge in [-0.05, 0) is 30.3 Å². The molecule has 1 amide bonds. The van der Waals surface area contributed by atoms with Gasteiger partial charge in [-0.25, -0.2) is 4.68 Å². The summed E-state index contributed by atoms with van der Waals surface area (Å²) in [6.07, 6.45) is -4.44. The Kier molecular flexibility index (Phi) is 5.35. The molecule has 128 valence electrons. The molecule has 24 heavy (non-hydrogen) atoms. The second-order valence-corrected chi connectivity index (χ2v) is 4.80. The number of benzene rings is 1. The van der Waals surface area contributed by atoms with Crippen molar-refractivity contribution in [1.29, 1.82) is 0 Å². The highest BCUT2D eigenvalue weighted by molar-refractivity contribution is 6.02. The number of alkyl halides is 3. The van der Waals surface area contributed by atoms with Crippen LogP contribution in [0.15, 0.2) is 41.2 Å². The molecule has 6 nitrogen and oxygen atoms in total. The van der Waals surface area contributed by atoms with E-state index < -0.39 is 23.2 Å². The fourth-order valence-electron chi connectivity index (χ4n) is 1.85. The maximum absolute atomic E-state index is 12.5. The molecule has 2 aromatic rings. The van der Waals surface area contributed by atoms with Crippen LogP contribution in [0.5, 0.6) is 0 Å². The standard InChI is InChI=1S/C15H14F3N3O3/c1-24-9-8-21-13(22)7-6-12(20-21)14(23)19-11-4-2-10(3-5-11)15(16,17)18/h2-7H,8-9H2,1H3,(H,19,23). The van der Waals surface area contributed by atoms with Crippen LogP contribution < -0.4 is 10.9 Å². The Morgan fingerprint density at radius 2 is 1.88 bits per heavy atom. The van der Waals surface area contributed by atoms with E-state index in [1.54, 1.807) is 0 Å². The number of carbonyl (C=O) groups is 1. The number of carbonyl (C=O) groups excluding carboxylic acids is 1. The molecule has 0 atom stereocenters. The van der Waals surface area contributed by atoms with E-state index in [0.717, 1.165) is 28.9 Å². The van der Waals surface area contributed by atoms with Gasteiger partial charge in [-0.1, -0.05) is 0 Å². The number of methoxy groups -OCH3 is 1. The van der Waals surface area contributed by atoms with E-state index in [2.05, 4.69) is 10.4 Å². The van der Waals surface area contributed by atoms with Gasteiger partial charge in [-0.3, -0.25) is 9.59 Å². The van der Waals surface area contributed by atoms with Crippen LogP contribution in [0, 0.1) is 0 Å². The number of aromatic nitrogens is 2.